The van der Waals surface area contributed by atoms with Crippen LogP contribution in [0, 0.1) is 0 Å². The number of pyridine rings is 1. The molecule has 1 aromatic heterocycles. The molecule has 1 N–H and O–H groups in total. The predicted octanol–water partition coefficient (Wildman–Crippen LogP) is 4.89. The van der Waals surface area contributed by atoms with Crippen molar-refractivity contribution in [3.63, 3.8) is 0 Å². The van der Waals surface area contributed by atoms with Gasteiger partial charge in [0.05, 0.1) is 11.3 Å². The smallest absolute Gasteiger partial charge is 0.0920 e. The number of piperidine rings is 1. The van der Waals surface area contributed by atoms with Crippen LogP contribution in [0.1, 0.15) is 24.0 Å². The summed E-state index contributed by atoms with van der Waals surface area (Å²) in [6.45, 7) is 2.63. The monoisotopic (exact) mass is 378 g/mol. The fourth-order valence-electron chi connectivity index (χ4n) is 3.73. The molecule has 0 saturated carbocycles. The molecule has 0 unspecified atom stereocenters. The van der Waals surface area contributed by atoms with E-state index in [0.717, 1.165) is 54.3 Å². The largest absolute Gasteiger partial charge is 0.385 e. The van der Waals surface area contributed by atoms with Crippen molar-refractivity contribution in [2.24, 2.45) is 0 Å². The third kappa shape index (κ3) is 4.22. The molecule has 0 amide bonds. The third-order valence-electron chi connectivity index (χ3n) is 5.36. The first-order chi connectivity index (χ1) is 13.1. The van der Waals surface area contributed by atoms with Crippen LogP contribution in [0.2, 0.25) is 5.02 Å². The van der Waals surface area contributed by atoms with Gasteiger partial charge < -0.3 is 5.11 Å². The minimum atomic E-state index is -0.704. The first-order valence-electron chi connectivity index (χ1n) is 9.34. The summed E-state index contributed by atoms with van der Waals surface area (Å²) in [5.74, 6) is 0. The molecule has 4 heteroatoms. The van der Waals surface area contributed by atoms with Crippen molar-refractivity contribution in [1.82, 2.24) is 9.88 Å². The summed E-state index contributed by atoms with van der Waals surface area (Å²) in [5.41, 5.74) is 3.59. The molecule has 2 heterocycles. The Bertz CT molecular complexity index is 888. The van der Waals surface area contributed by atoms with Crippen molar-refractivity contribution in [2.75, 3.05) is 13.1 Å². The normalized spacial score (nSPS) is 17.0. The number of aromatic nitrogens is 1. The van der Waals surface area contributed by atoms with Gasteiger partial charge in [0.25, 0.3) is 0 Å². The first-order valence-corrected chi connectivity index (χ1v) is 9.71. The number of nitrogens with zero attached hydrogens (tertiary/aromatic N) is 2. The van der Waals surface area contributed by atoms with E-state index in [-0.39, 0.29) is 0 Å². The zero-order chi connectivity index (χ0) is 18.7. The van der Waals surface area contributed by atoms with Crippen LogP contribution in [0.25, 0.3) is 11.3 Å². The van der Waals surface area contributed by atoms with Crippen molar-refractivity contribution in [3.8, 4) is 11.3 Å². The Labute approximate surface area is 165 Å². The number of aliphatic hydroxyl groups is 1. The number of hydrogen-bond donors (Lipinski definition) is 1. The molecule has 1 saturated heterocycles. The van der Waals surface area contributed by atoms with Crippen LogP contribution in [0.3, 0.4) is 0 Å². The molecule has 2 aromatic carbocycles. The van der Waals surface area contributed by atoms with Crippen LogP contribution in [0.4, 0.5) is 0 Å². The summed E-state index contributed by atoms with van der Waals surface area (Å²) in [5, 5.41) is 11.7. The topological polar surface area (TPSA) is 36.4 Å². The van der Waals surface area contributed by atoms with Gasteiger partial charge in [-0.3, -0.25) is 9.88 Å². The Morgan fingerprint density at radius 2 is 1.67 bits per heavy atom. The van der Waals surface area contributed by atoms with Gasteiger partial charge in [-0.2, -0.15) is 0 Å². The molecule has 3 aromatic rings. The zero-order valence-corrected chi connectivity index (χ0v) is 15.9. The lowest BCUT2D eigenvalue weighted by atomic mass is 9.84. The summed E-state index contributed by atoms with van der Waals surface area (Å²) < 4.78 is 0. The fraction of sp³-hybridized carbons (Fsp3) is 0.261. The van der Waals surface area contributed by atoms with Crippen molar-refractivity contribution < 1.29 is 5.11 Å². The van der Waals surface area contributed by atoms with E-state index in [1.807, 2.05) is 60.8 Å². The van der Waals surface area contributed by atoms with Crippen LogP contribution in [0.15, 0.2) is 72.9 Å². The molecule has 0 spiro atoms. The summed E-state index contributed by atoms with van der Waals surface area (Å²) in [6, 6.07) is 22.0. The summed E-state index contributed by atoms with van der Waals surface area (Å²) in [4.78, 5) is 6.89. The molecular formula is C23H23ClN2O. The van der Waals surface area contributed by atoms with Crippen molar-refractivity contribution in [1.29, 1.82) is 0 Å². The lowest BCUT2D eigenvalue weighted by molar-refractivity contribution is -0.0277. The maximum atomic E-state index is 11.0. The summed E-state index contributed by atoms with van der Waals surface area (Å²) in [6.07, 6.45) is 3.38. The molecule has 1 fully saturated rings. The standard InChI is InChI=1S/C23H23ClN2O/c24-21-8-6-19(7-9-21)22-16-18(10-13-25-22)17-26-14-11-23(27,12-15-26)20-4-2-1-3-5-20/h1-10,13,16,27H,11-12,14-15,17H2. The maximum absolute atomic E-state index is 11.0. The van der Waals surface area contributed by atoms with E-state index in [1.165, 1.54) is 5.56 Å². The van der Waals surface area contributed by atoms with Gasteiger partial charge in [-0.1, -0.05) is 54.1 Å². The van der Waals surface area contributed by atoms with E-state index >= 15 is 0 Å². The quantitative estimate of drug-likeness (QED) is 0.702. The Kier molecular flexibility index (Phi) is 5.26. The highest BCUT2D eigenvalue weighted by atomic mass is 35.5. The number of halogens is 1. The molecular weight excluding hydrogens is 356 g/mol. The van der Waals surface area contributed by atoms with E-state index in [1.54, 1.807) is 0 Å². The maximum Gasteiger partial charge on any atom is 0.0920 e. The van der Waals surface area contributed by atoms with E-state index < -0.39 is 5.60 Å². The van der Waals surface area contributed by atoms with E-state index in [2.05, 4.69) is 22.0 Å². The van der Waals surface area contributed by atoms with Crippen LogP contribution in [-0.2, 0) is 12.1 Å². The first kappa shape index (κ1) is 18.2. The lowest BCUT2D eigenvalue weighted by Crippen LogP contribution is -2.42. The SMILES string of the molecule is OC1(c2ccccc2)CCN(Cc2ccnc(-c3ccc(Cl)cc3)c2)CC1. The molecule has 3 nitrogen and oxygen atoms in total. The minimum absolute atomic E-state index is 0.704. The molecule has 1 aliphatic rings. The molecule has 0 aliphatic carbocycles. The molecule has 27 heavy (non-hydrogen) atoms. The lowest BCUT2D eigenvalue weighted by Gasteiger charge is -2.38. The Balaban J connectivity index is 1.42. The highest BCUT2D eigenvalue weighted by Crippen LogP contribution is 2.33. The highest BCUT2D eigenvalue weighted by molar-refractivity contribution is 6.30. The van der Waals surface area contributed by atoms with Crippen LogP contribution >= 0.6 is 11.6 Å². The third-order valence-corrected chi connectivity index (χ3v) is 5.62. The van der Waals surface area contributed by atoms with Gasteiger partial charge in [0.15, 0.2) is 0 Å². The van der Waals surface area contributed by atoms with Crippen LogP contribution < -0.4 is 0 Å². The van der Waals surface area contributed by atoms with Crippen molar-refractivity contribution in [2.45, 2.75) is 25.0 Å². The van der Waals surface area contributed by atoms with Gasteiger partial charge in [0.2, 0.25) is 0 Å². The molecule has 0 atom stereocenters. The number of likely N-dealkylation sites (tertiary alicyclic amines) is 1. The second-order valence-corrected chi connectivity index (χ2v) is 7.67. The van der Waals surface area contributed by atoms with E-state index in [9.17, 15) is 5.11 Å². The van der Waals surface area contributed by atoms with Gasteiger partial charge in [0.1, 0.15) is 0 Å². The summed E-state index contributed by atoms with van der Waals surface area (Å²) >= 11 is 5.98. The number of benzene rings is 2. The molecule has 4 rings (SSSR count). The number of hydrogen-bond acceptors (Lipinski definition) is 3. The average Bonchev–Trinajstić information content (AvgIpc) is 2.71. The van der Waals surface area contributed by atoms with E-state index in [4.69, 9.17) is 11.6 Å². The molecule has 1 aliphatic heterocycles. The molecule has 0 bridgehead atoms. The molecule has 0 radical (unpaired) electrons. The van der Waals surface area contributed by atoms with Crippen LogP contribution in [0.5, 0.6) is 0 Å². The van der Waals surface area contributed by atoms with Crippen molar-refractivity contribution >= 4 is 11.6 Å². The predicted molar refractivity (Wildman–Crippen MR) is 110 cm³/mol. The highest BCUT2D eigenvalue weighted by Gasteiger charge is 2.33. The second-order valence-electron chi connectivity index (χ2n) is 7.23. The van der Waals surface area contributed by atoms with Crippen molar-refractivity contribution in [3.05, 3.63) is 89.1 Å². The molecule has 138 valence electrons. The zero-order valence-electron chi connectivity index (χ0n) is 15.2. The summed E-state index contributed by atoms with van der Waals surface area (Å²) in [7, 11) is 0. The fourth-order valence-corrected chi connectivity index (χ4v) is 3.85. The Morgan fingerprint density at radius 1 is 0.963 bits per heavy atom. The van der Waals surface area contributed by atoms with Gasteiger partial charge in [-0.25, -0.2) is 0 Å². The van der Waals surface area contributed by atoms with E-state index in [0.29, 0.717) is 0 Å². The van der Waals surface area contributed by atoms with Gasteiger partial charge >= 0.3 is 0 Å². The Hall–Kier alpha value is -2.20. The average molecular weight is 379 g/mol. The van der Waals surface area contributed by atoms with Crippen LogP contribution in [-0.4, -0.2) is 28.1 Å². The van der Waals surface area contributed by atoms with Gasteiger partial charge in [0, 0.05) is 36.4 Å². The van der Waals surface area contributed by atoms with Gasteiger partial charge in [-0.05, 0) is 48.2 Å². The second kappa shape index (κ2) is 7.81. The minimum Gasteiger partial charge on any atom is -0.385 e. The Morgan fingerprint density at radius 3 is 2.37 bits per heavy atom. The number of rotatable bonds is 4. The van der Waals surface area contributed by atoms with Gasteiger partial charge in [-0.15, -0.1) is 0 Å².